The number of alkyl halides is 3. The third kappa shape index (κ3) is 3.89. The molecular formula is C23H19F3N4O2. The van der Waals surface area contributed by atoms with Crippen molar-refractivity contribution in [3.8, 4) is 5.69 Å². The van der Waals surface area contributed by atoms with Gasteiger partial charge >= 0.3 is 6.18 Å². The molecule has 1 amide bonds. The first-order chi connectivity index (χ1) is 15.2. The fourth-order valence-corrected chi connectivity index (χ4v) is 3.51. The highest BCUT2D eigenvalue weighted by atomic mass is 19.4. The van der Waals surface area contributed by atoms with Crippen molar-refractivity contribution in [2.45, 2.75) is 26.6 Å². The van der Waals surface area contributed by atoms with Crippen LogP contribution in [0.25, 0.3) is 16.7 Å². The molecule has 2 heterocycles. The summed E-state index contributed by atoms with van der Waals surface area (Å²) in [6, 6.07) is 13.3. The van der Waals surface area contributed by atoms with Gasteiger partial charge in [-0.15, -0.1) is 0 Å². The number of aryl methyl sites for hydroxylation is 2. The number of fused-ring (bicyclic) bond motifs is 1. The standard InChI is InChI=1S/C23H19F3N4O2/c1-14-9-10-16(12-15(14)2)30-22(32)17-6-5-11-27-21(17)29(30)13-20(31)28-19-8-4-3-7-18(19)23(24,25)26/h3-12H,13H2,1-2H3,(H,28,31). The lowest BCUT2D eigenvalue weighted by Gasteiger charge is -2.16. The minimum Gasteiger partial charge on any atom is -0.324 e. The van der Waals surface area contributed by atoms with Crippen molar-refractivity contribution in [3.05, 3.63) is 87.8 Å². The van der Waals surface area contributed by atoms with Gasteiger partial charge in [0.05, 0.1) is 22.3 Å². The largest absolute Gasteiger partial charge is 0.418 e. The maximum atomic E-state index is 13.3. The molecule has 4 aromatic rings. The number of aromatic nitrogens is 3. The Morgan fingerprint density at radius 3 is 2.50 bits per heavy atom. The number of amides is 1. The van der Waals surface area contributed by atoms with Gasteiger partial charge in [-0.2, -0.15) is 13.2 Å². The second kappa shape index (κ2) is 7.99. The van der Waals surface area contributed by atoms with Crippen molar-refractivity contribution in [3.63, 3.8) is 0 Å². The van der Waals surface area contributed by atoms with Gasteiger partial charge in [-0.05, 0) is 61.4 Å². The molecule has 2 aromatic carbocycles. The van der Waals surface area contributed by atoms with Crippen molar-refractivity contribution in [2.24, 2.45) is 0 Å². The summed E-state index contributed by atoms with van der Waals surface area (Å²) in [4.78, 5) is 30.1. The van der Waals surface area contributed by atoms with Crippen LogP contribution in [0.4, 0.5) is 18.9 Å². The number of pyridine rings is 1. The van der Waals surface area contributed by atoms with E-state index in [1.165, 1.54) is 33.8 Å². The number of hydrogen-bond acceptors (Lipinski definition) is 3. The molecule has 164 valence electrons. The second-order valence-electron chi connectivity index (χ2n) is 7.41. The summed E-state index contributed by atoms with van der Waals surface area (Å²) in [7, 11) is 0. The van der Waals surface area contributed by atoms with Crippen LogP contribution in [0.3, 0.4) is 0 Å². The first-order valence-electron chi connectivity index (χ1n) is 9.77. The Labute approximate surface area is 180 Å². The maximum Gasteiger partial charge on any atom is 0.418 e. The summed E-state index contributed by atoms with van der Waals surface area (Å²) in [5.74, 6) is -0.721. The molecule has 0 saturated carbocycles. The van der Waals surface area contributed by atoms with Crippen LogP contribution in [0.2, 0.25) is 0 Å². The highest BCUT2D eigenvalue weighted by molar-refractivity contribution is 5.92. The van der Waals surface area contributed by atoms with Crippen molar-refractivity contribution in [1.29, 1.82) is 0 Å². The van der Waals surface area contributed by atoms with E-state index >= 15 is 0 Å². The average molecular weight is 440 g/mol. The van der Waals surface area contributed by atoms with Crippen molar-refractivity contribution < 1.29 is 18.0 Å². The first-order valence-corrected chi connectivity index (χ1v) is 9.77. The quantitative estimate of drug-likeness (QED) is 0.509. The van der Waals surface area contributed by atoms with E-state index in [0.717, 1.165) is 17.2 Å². The number of halogens is 3. The van der Waals surface area contributed by atoms with Gasteiger partial charge in [0.2, 0.25) is 5.91 Å². The zero-order valence-corrected chi connectivity index (χ0v) is 17.3. The van der Waals surface area contributed by atoms with Gasteiger partial charge in [-0.1, -0.05) is 18.2 Å². The zero-order chi connectivity index (χ0) is 23.0. The number of para-hydroxylation sites is 1. The molecule has 0 unspecified atom stereocenters. The molecule has 32 heavy (non-hydrogen) atoms. The van der Waals surface area contributed by atoms with Crippen LogP contribution in [0, 0.1) is 13.8 Å². The molecule has 0 bridgehead atoms. The molecule has 0 spiro atoms. The van der Waals surface area contributed by atoms with E-state index in [-0.39, 0.29) is 16.9 Å². The number of benzene rings is 2. The second-order valence-corrected chi connectivity index (χ2v) is 7.41. The van der Waals surface area contributed by atoms with E-state index < -0.39 is 24.2 Å². The lowest BCUT2D eigenvalue weighted by atomic mass is 10.1. The highest BCUT2D eigenvalue weighted by Gasteiger charge is 2.33. The van der Waals surface area contributed by atoms with Gasteiger partial charge in [0, 0.05) is 6.20 Å². The monoisotopic (exact) mass is 440 g/mol. The van der Waals surface area contributed by atoms with Gasteiger partial charge in [0.15, 0.2) is 5.65 Å². The van der Waals surface area contributed by atoms with Crippen LogP contribution >= 0.6 is 0 Å². The molecule has 4 rings (SSSR count). The molecule has 2 aromatic heterocycles. The summed E-state index contributed by atoms with van der Waals surface area (Å²) >= 11 is 0. The number of carbonyl (C=O) groups is 1. The SMILES string of the molecule is Cc1ccc(-n2c(=O)c3cccnc3n2CC(=O)Nc2ccccc2C(F)(F)F)cc1C. The molecule has 0 atom stereocenters. The minimum absolute atomic E-state index is 0.259. The number of rotatable bonds is 4. The molecule has 9 heteroatoms. The van der Waals surface area contributed by atoms with E-state index in [1.807, 2.05) is 26.0 Å². The third-order valence-corrected chi connectivity index (χ3v) is 5.23. The minimum atomic E-state index is -4.62. The number of hydrogen-bond donors (Lipinski definition) is 1. The summed E-state index contributed by atoms with van der Waals surface area (Å²) < 4.78 is 42.5. The Bertz CT molecular complexity index is 1390. The van der Waals surface area contributed by atoms with Crippen LogP contribution < -0.4 is 10.9 Å². The van der Waals surface area contributed by atoms with Crippen LogP contribution in [0.15, 0.2) is 65.6 Å². The van der Waals surface area contributed by atoms with Crippen molar-refractivity contribution >= 4 is 22.6 Å². The summed E-state index contributed by atoms with van der Waals surface area (Å²) in [5, 5.41) is 2.62. The third-order valence-electron chi connectivity index (χ3n) is 5.23. The summed E-state index contributed by atoms with van der Waals surface area (Å²) in [5.41, 5.74) is 1.09. The predicted octanol–water partition coefficient (Wildman–Crippen LogP) is 4.46. The van der Waals surface area contributed by atoms with E-state index in [9.17, 15) is 22.8 Å². The summed E-state index contributed by atoms with van der Waals surface area (Å²) in [6.07, 6.45) is -3.13. The van der Waals surface area contributed by atoms with Gasteiger partial charge in [-0.25, -0.2) is 9.67 Å². The molecule has 0 fully saturated rings. The maximum absolute atomic E-state index is 13.3. The van der Waals surface area contributed by atoms with Crippen LogP contribution in [0.5, 0.6) is 0 Å². The van der Waals surface area contributed by atoms with E-state index in [2.05, 4.69) is 10.3 Å². The highest BCUT2D eigenvalue weighted by Crippen LogP contribution is 2.34. The van der Waals surface area contributed by atoms with Gasteiger partial charge in [0.1, 0.15) is 6.54 Å². The van der Waals surface area contributed by atoms with Crippen molar-refractivity contribution in [1.82, 2.24) is 14.3 Å². The fourth-order valence-electron chi connectivity index (χ4n) is 3.51. The number of nitrogens with one attached hydrogen (secondary N) is 1. The Morgan fingerprint density at radius 1 is 1.03 bits per heavy atom. The number of carbonyl (C=O) groups excluding carboxylic acids is 1. The molecule has 6 nitrogen and oxygen atoms in total. The smallest absolute Gasteiger partial charge is 0.324 e. The van der Waals surface area contributed by atoms with E-state index in [0.29, 0.717) is 11.1 Å². The molecule has 0 aliphatic heterocycles. The Kier molecular flexibility index (Phi) is 5.33. The lowest BCUT2D eigenvalue weighted by Crippen LogP contribution is -2.27. The lowest BCUT2D eigenvalue weighted by molar-refractivity contribution is -0.137. The Hall–Kier alpha value is -3.88. The van der Waals surface area contributed by atoms with Gasteiger partial charge in [0.25, 0.3) is 5.56 Å². The summed E-state index contributed by atoms with van der Waals surface area (Å²) in [6.45, 7) is 3.43. The van der Waals surface area contributed by atoms with Gasteiger partial charge in [-0.3, -0.25) is 14.3 Å². The molecule has 0 aliphatic carbocycles. The average Bonchev–Trinajstić information content (AvgIpc) is 3.01. The van der Waals surface area contributed by atoms with Crippen LogP contribution in [-0.4, -0.2) is 20.3 Å². The first kappa shape index (κ1) is 21.4. The molecule has 0 radical (unpaired) electrons. The number of anilines is 1. The normalized spacial score (nSPS) is 11.7. The fraction of sp³-hybridized carbons (Fsp3) is 0.174. The molecular weight excluding hydrogens is 421 g/mol. The predicted molar refractivity (Wildman–Crippen MR) is 115 cm³/mol. The zero-order valence-electron chi connectivity index (χ0n) is 17.3. The topological polar surface area (TPSA) is 68.9 Å². The molecule has 0 saturated heterocycles. The van der Waals surface area contributed by atoms with Crippen LogP contribution in [0.1, 0.15) is 16.7 Å². The van der Waals surface area contributed by atoms with Gasteiger partial charge < -0.3 is 5.32 Å². The Morgan fingerprint density at radius 2 is 1.78 bits per heavy atom. The van der Waals surface area contributed by atoms with E-state index in [4.69, 9.17) is 0 Å². The van der Waals surface area contributed by atoms with Crippen molar-refractivity contribution in [2.75, 3.05) is 5.32 Å². The molecule has 0 aliphatic rings. The van der Waals surface area contributed by atoms with E-state index in [1.54, 1.807) is 18.2 Å². The number of nitrogens with zero attached hydrogens (tertiary/aromatic N) is 3. The van der Waals surface area contributed by atoms with Crippen LogP contribution in [-0.2, 0) is 17.5 Å². The Balaban J connectivity index is 1.78. The molecule has 1 N–H and O–H groups in total.